The van der Waals surface area contributed by atoms with Crippen LogP contribution in [0.25, 0.3) is 0 Å². The summed E-state index contributed by atoms with van der Waals surface area (Å²) in [5, 5.41) is 4.82. The fraction of sp³-hybridized carbons (Fsp3) is 0.350. The molecule has 3 N–H and O–H groups in total. The van der Waals surface area contributed by atoms with E-state index >= 15 is 0 Å². The molecule has 0 radical (unpaired) electrons. The zero-order valence-electron chi connectivity index (χ0n) is 15.5. The second-order valence-corrected chi connectivity index (χ2v) is 11.5. The van der Waals surface area contributed by atoms with Crippen LogP contribution in [0.1, 0.15) is 20.8 Å². The molecule has 0 unspecified atom stereocenters. The van der Waals surface area contributed by atoms with E-state index in [2.05, 4.69) is 50.4 Å². The third kappa shape index (κ3) is 4.00. The van der Waals surface area contributed by atoms with E-state index in [1.165, 1.54) is 10.4 Å². The number of hydrogen-bond donors (Lipinski definition) is 2. The first-order valence-corrected chi connectivity index (χ1v) is 10.5. The minimum absolute atomic E-state index is 0.127. The summed E-state index contributed by atoms with van der Waals surface area (Å²) in [5.74, 6) is -0.210. The van der Waals surface area contributed by atoms with Gasteiger partial charge in [-0.15, -0.1) is 0 Å². The Labute approximate surface area is 151 Å². The lowest BCUT2D eigenvalue weighted by Gasteiger charge is -2.43. The molecule has 0 aliphatic rings. The molecule has 0 bridgehead atoms. The Hall–Kier alpha value is -1.95. The van der Waals surface area contributed by atoms with E-state index in [0.717, 1.165) is 0 Å². The largest absolute Gasteiger partial charge is 0.405 e. The van der Waals surface area contributed by atoms with Gasteiger partial charge in [0.1, 0.15) is 6.04 Å². The lowest BCUT2D eigenvalue weighted by molar-refractivity contribution is -0.122. The first-order valence-electron chi connectivity index (χ1n) is 8.55. The molecule has 0 fully saturated rings. The van der Waals surface area contributed by atoms with Crippen LogP contribution in [0.5, 0.6) is 0 Å². The minimum atomic E-state index is -2.63. The van der Waals surface area contributed by atoms with Gasteiger partial charge >= 0.3 is 0 Å². The first kappa shape index (κ1) is 19.4. The number of benzene rings is 2. The maximum absolute atomic E-state index is 11.9. The third-order valence-electron chi connectivity index (χ3n) is 4.48. The van der Waals surface area contributed by atoms with Crippen molar-refractivity contribution in [2.75, 3.05) is 13.7 Å². The molecule has 1 atom stereocenters. The second kappa shape index (κ2) is 7.95. The first-order chi connectivity index (χ1) is 11.8. The monoisotopic (exact) mass is 356 g/mol. The number of amides is 1. The van der Waals surface area contributed by atoms with Gasteiger partial charge in [0.25, 0.3) is 8.32 Å². The number of carbonyl (C=O) groups is 1. The molecule has 0 aliphatic heterocycles. The molecule has 5 heteroatoms. The van der Waals surface area contributed by atoms with Crippen LogP contribution in [0, 0.1) is 0 Å². The molecule has 1 amide bonds. The fourth-order valence-corrected chi connectivity index (χ4v) is 7.82. The number of nitrogens with two attached hydrogens (primary N) is 1. The van der Waals surface area contributed by atoms with Crippen LogP contribution in [-0.4, -0.2) is 33.9 Å². The van der Waals surface area contributed by atoms with Crippen LogP contribution in [0.15, 0.2) is 60.7 Å². The quantitative estimate of drug-likeness (QED) is 0.774. The van der Waals surface area contributed by atoms with Crippen molar-refractivity contribution in [2.45, 2.75) is 31.9 Å². The summed E-state index contributed by atoms with van der Waals surface area (Å²) in [6.45, 7) is 6.78. The van der Waals surface area contributed by atoms with Crippen LogP contribution in [0.2, 0.25) is 5.04 Å². The van der Waals surface area contributed by atoms with Gasteiger partial charge in [-0.05, 0) is 15.4 Å². The van der Waals surface area contributed by atoms with E-state index in [0.29, 0.717) is 0 Å². The van der Waals surface area contributed by atoms with Gasteiger partial charge in [-0.1, -0.05) is 81.4 Å². The smallest absolute Gasteiger partial charge is 0.261 e. The van der Waals surface area contributed by atoms with Gasteiger partial charge in [0.2, 0.25) is 5.91 Å². The standard InChI is InChI=1S/C20H28N2O2Si/c1-20(2,3)25(16-11-7-5-8-12-16,17-13-9-6-10-14-17)24-15-18(21)19(23)22-4/h5-14,18H,15,21H2,1-4H3,(H,22,23)/t18-/m0/s1. The molecule has 0 spiro atoms. The molecule has 0 saturated heterocycles. The van der Waals surface area contributed by atoms with Gasteiger partial charge in [0, 0.05) is 7.05 Å². The molecule has 0 aliphatic carbocycles. The van der Waals surface area contributed by atoms with Gasteiger partial charge in [0.15, 0.2) is 0 Å². The SMILES string of the molecule is CNC(=O)[C@@H](N)CO[Si](c1ccccc1)(c1ccccc1)C(C)(C)C. The number of hydrogen-bond acceptors (Lipinski definition) is 3. The van der Waals surface area contributed by atoms with Gasteiger partial charge in [-0.3, -0.25) is 4.79 Å². The van der Waals surface area contributed by atoms with Crippen LogP contribution >= 0.6 is 0 Å². The van der Waals surface area contributed by atoms with Crippen LogP contribution in [-0.2, 0) is 9.22 Å². The second-order valence-electron chi connectivity index (χ2n) is 7.19. The van der Waals surface area contributed by atoms with Gasteiger partial charge in [-0.2, -0.15) is 0 Å². The van der Waals surface area contributed by atoms with Crippen molar-refractivity contribution in [3.05, 3.63) is 60.7 Å². The van der Waals surface area contributed by atoms with Crippen LogP contribution in [0.3, 0.4) is 0 Å². The highest BCUT2D eigenvalue weighted by molar-refractivity contribution is 6.99. The van der Waals surface area contributed by atoms with Crippen LogP contribution < -0.4 is 21.4 Å². The topological polar surface area (TPSA) is 64.4 Å². The molecule has 2 aromatic rings. The maximum Gasteiger partial charge on any atom is 0.261 e. The number of likely N-dealkylation sites (N-methyl/N-ethyl adjacent to an activating group) is 1. The highest BCUT2D eigenvalue weighted by Gasteiger charge is 2.50. The minimum Gasteiger partial charge on any atom is -0.405 e. The molecule has 0 saturated carbocycles. The Morgan fingerprint density at radius 1 is 1.04 bits per heavy atom. The Kier molecular flexibility index (Phi) is 6.16. The molecule has 0 aromatic heterocycles. The van der Waals surface area contributed by atoms with Crippen molar-refractivity contribution in [1.82, 2.24) is 5.32 Å². The van der Waals surface area contributed by atoms with Gasteiger partial charge in [-0.25, -0.2) is 0 Å². The van der Waals surface area contributed by atoms with Gasteiger partial charge < -0.3 is 15.5 Å². The van der Waals surface area contributed by atoms with Crippen molar-refractivity contribution in [2.24, 2.45) is 5.73 Å². The Morgan fingerprint density at radius 2 is 1.48 bits per heavy atom. The molecule has 2 rings (SSSR count). The Morgan fingerprint density at radius 3 is 1.84 bits per heavy atom. The summed E-state index contributed by atoms with van der Waals surface area (Å²) in [5.41, 5.74) is 6.02. The summed E-state index contributed by atoms with van der Waals surface area (Å²) in [7, 11) is -1.04. The Bertz CT molecular complexity index is 644. The predicted molar refractivity (Wildman–Crippen MR) is 106 cm³/mol. The van der Waals surface area contributed by atoms with Crippen molar-refractivity contribution in [3.63, 3.8) is 0 Å². The molecular weight excluding hydrogens is 328 g/mol. The highest BCUT2D eigenvalue weighted by atomic mass is 28.4. The predicted octanol–water partition coefficient (Wildman–Crippen LogP) is 1.64. The lowest BCUT2D eigenvalue weighted by Crippen LogP contribution is -2.67. The number of rotatable bonds is 6. The summed E-state index contributed by atoms with van der Waals surface area (Å²) in [4.78, 5) is 11.9. The van der Waals surface area contributed by atoms with Crippen molar-refractivity contribution in [1.29, 1.82) is 0 Å². The number of carbonyl (C=O) groups excluding carboxylic acids is 1. The third-order valence-corrected chi connectivity index (χ3v) is 9.48. The molecule has 0 heterocycles. The zero-order chi connectivity index (χ0) is 18.5. The van der Waals surface area contributed by atoms with Crippen molar-refractivity contribution < 1.29 is 9.22 Å². The van der Waals surface area contributed by atoms with Gasteiger partial charge in [0.05, 0.1) is 6.61 Å². The average molecular weight is 357 g/mol. The molecule has 2 aromatic carbocycles. The summed E-state index contributed by atoms with van der Waals surface area (Å²) in [6, 6.07) is 20.0. The molecule has 134 valence electrons. The maximum atomic E-state index is 11.9. The zero-order valence-corrected chi connectivity index (χ0v) is 16.5. The summed E-state index contributed by atoms with van der Waals surface area (Å²) >= 11 is 0. The van der Waals surface area contributed by atoms with E-state index < -0.39 is 14.4 Å². The summed E-state index contributed by atoms with van der Waals surface area (Å²) in [6.07, 6.45) is 0. The van der Waals surface area contributed by atoms with Crippen molar-refractivity contribution in [3.8, 4) is 0 Å². The van der Waals surface area contributed by atoms with E-state index in [-0.39, 0.29) is 17.6 Å². The highest BCUT2D eigenvalue weighted by Crippen LogP contribution is 2.36. The van der Waals surface area contributed by atoms with E-state index in [9.17, 15) is 4.79 Å². The van der Waals surface area contributed by atoms with E-state index in [4.69, 9.17) is 10.2 Å². The van der Waals surface area contributed by atoms with E-state index in [1.54, 1.807) is 7.05 Å². The normalized spacial score (nSPS) is 13.3. The molecular formula is C20H28N2O2Si. The lowest BCUT2D eigenvalue weighted by atomic mass is 10.2. The Balaban J connectivity index is 2.55. The number of nitrogens with one attached hydrogen (secondary N) is 1. The van der Waals surface area contributed by atoms with E-state index in [1.807, 2.05) is 36.4 Å². The average Bonchev–Trinajstić information content (AvgIpc) is 2.62. The molecule has 25 heavy (non-hydrogen) atoms. The van der Waals surface area contributed by atoms with Crippen LogP contribution in [0.4, 0.5) is 0 Å². The fourth-order valence-electron chi connectivity index (χ4n) is 3.24. The van der Waals surface area contributed by atoms with Crippen molar-refractivity contribution >= 4 is 24.6 Å². The molecule has 4 nitrogen and oxygen atoms in total. The summed E-state index contributed by atoms with van der Waals surface area (Å²) < 4.78 is 6.60.